The predicted octanol–water partition coefficient (Wildman–Crippen LogP) is 1.93. The summed E-state index contributed by atoms with van der Waals surface area (Å²) >= 11 is 0. The molecule has 2 rings (SSSR count). The summed E-state index contributed by atoms with van der Waals surface area (Å²) in [5.41, 5.74) is 0.656. The number of piperidine rings is 1. The fraction of sp³-hybridized carbons (Fsp3) is 1.00. The molecular formula is C15H31N3. The van der Waals surface area contributed by atoms with Crippen molar-refractivity contribution in [3.05, 3.63) is 0 Å². The second-order valence-corrected chi connectivity index (χ2v) is 7.65. The van der Waals surface area contributed by atoms with Gasteiger partial charge in [0.1, 0.15) is 0 Å². The van der Waals surface area contributed by atoms with Gasteiger partial charge in [0.2, 0.25) is 0 Å². The topological polar surface area (TPSA) is 18.5 Å². The van der Waals surface area contributed by atoms with Gasteiger partial charge >= 0.3 is 0 Å². The highest BCUT2D eigenvalue weighted by Gasteiger charge is 2.34. The Morgan fingerprint density at radius 3 is 2.17 bits per heavy atom. The average molecular weight is 253 g/mol. The van der Waals surface area contributed by atoms with Crippen molar-refractivity contribution in [2.24, 2.45) is 0 Å². The van der Waals surface area contributed by atoms with Gasteiger partial charge in [0.05, 0.1) is 0 Å². The van der Waals surface area contributed by atoms with E-state index in [2.05, 4.69) is 49.7 Å². The zero-order chi connectivity index (χ0) is 13.4. The third kappa shape index (κ3) is 3.46. The molecule has 0 saturated carbocycles. The molecule has 0 aromatic carbocycles. The molecule has 0 radical (unpaired) electrons. The summed E-state index contributed by atoms with van der Waals surface area (Å²) in [7, 11) is 0. The molecule has 0 amide bonds. The molecule has 18 heavy (non-hydrogen) atoms. The van der Waals surface area contributed by atoms with Gasteiger partial charge in [-0.3, -0.25) is 9.80 Å². The van der Waals surface area contributed by atoms with E-state index in [0.29, 0.717) is 11.1 Å². The Morgan fingerprint density at radius 2 is 1.67 bits per heavy atom. The van der Waals surface area contributed by atoms with Crippen molar-refractivity contribution in [2.45, 2.75) is 64.6 Å². The van der Waals surface area contributed by atoms with E-state index in [9.17, 15) is 0 Å². The van der Waals surface area contributed by atoms with Crippen LogP contribution in [0.5, 0.6) is 0 Å². The second-order valence-electron chi connectivity index (χ2n) is 7.65. The molecule has 2 heterocycles. The van der Waals surface area contributed by atoms with Crippen molar-refractivity contribution in [3.63, 3.8) is 0 Å². The van der Waals surface area contributed by atoms with Crippen LogP contribution in [-0.4, -0.2) is 59.6 Å². The van der Waals surface area contributed by atoms with Gasteiger partial charge in [-0.15, -0.1) is 0 Å². The smallest absolute Gasteiger partial charge is 0.0140 e. The summed E-state index contributed by atoms with van der Waals surface area (Å²) in [6, 6.07) is 0.795. The third-order valence-electron chi connectivity index (χ3n) is 4.61. The summed E-state index contributed by atoms with van der Waals surface area (Å²) in [5, 5.41) is 3.62. The largest absolute Gasteiger partial charge is 0.312 e. The Bertz CT molecular complexity index is 272. The molecule has 2 aliphatic heterocycles. The molecule has 106 valence electrons. The van der Waals surface area contributed by atoms with Crippen molar-refractivity contribution in [2.75, 3.05) is 32.7 Å². The van der Waals surface area contributed by atoms with Crippen molar-refractivity contribution >= 4 is 0 Å². The molecule has 2 fully saturated rings. The van der Waals surface area contributed by atoms with Crippen LogP contribution < -0.4 is 5.32 Å². The first-order valence-electron chi connectivity index (χ1n) is 7.52. The molecular weight excluding hydrogens is 222 g/mol. The SMILES string of the molecule is CC1(C)CC(N2CCN(C(C)(C)C)CC2)CCN1. The zero-order valence-corrected chi connectivity index (χ0v) is 12.9. The van der Waals surface area contributed by atoms with Crippen LogP contribution in [-0.2, 0) is 0 Å². The van der Waals surface area contributed by atoms with Crippen LogP contribution in [0.1, 0.15) is 47.5 Å². The Kier molecular flexibility index (Phi) is 4.05. The molecule has 0 aromatic heterocycles. The quantitative estimate of drug-likeness (QED) is 0.770. The van der Waals surface area contributed by atoms with Gasteiger partial charge in [-0.1, -0.05) is 0 Å². The number of piperazine rings is 1. The molecule has 3 heteroatoms. The van der Waals surface area contributed by atoms with Crippen LogP contribution in [0, 0.1) is 0 Å². The van der Waals surface area contributed by atoms with Crippen molar-refractivity contribution < 1.29 is 0 Å². The highest BCUT2D eigenvalue weighted by Crippen LogP contribution is 2.25. The van der Waals surface area contributed by atoms with Gasteiger partial charge in [0, 0.05) is 43.3 Å². The normalized spacial score (nSPS) is 31.5. The summed E-state index contributed by atoms with van der Waals surface area (Å²) in [6.07, 6.45) is 2.61. The molecule has 0 bridgehead atoms. The van der Waals surface area contributed by atoms with Gasteiger partial charge in [-0.2, -0.15) is 0 Å². The van der Waals surface area contributed by atoms with Gasteiger partial charge in [-0.25, -0.2) is 0 Å². The fourth-order valence-corrected chi connectivity index (χ4v) is 3.41. The van der Waals surface area contributed by atoms with Crippen LogP contribution in [0.2, 0.25) is 0 Å². The lowest BCUT2D eigenvalue weighted by molar-refractivity contribution is 0.0247. The maximum Gasteiger partial charge on any atom is 0.0140 e. The van der Waals surface area contributed by atoms with E-state index in [1.165, 1.54) is 45.6 Å². The second kappa shape index (κ2) is 5.10. The minimum absolute atomic E-state index is 0.323. The zero-order valence-electron chi connectivity index (χ0n) is 12.9. The van der Waals surface area contributed by atoms with Gasteiger partial charge < -0.3 is 5.32 Å². The maximum atomic E-state index is 3.62. The van der Waals surface area contributed by atoms with Crippen LogP contribution in [0.3, 0.4) is 0 Å². The number of rotatable bonds is 1. The number of nitrogens with one attached hydrogen (secondary N) is 1. The molecule has 0 aromatic rings. The first kappa shape index (κ1) is 14.3. The van der Waals surface area contributed by atoms with E-state index in [1.54, 1.807) is 0 Å². The number of hydrogen-bond donors (Lipinski definition) is 1. The Hall–Kier alpha value is -0.120. The monoisotopic (exact) mass is 253 g/mol. The number of nitrogens with zero attached hydrogens (tertiary/aromatic N) is 2. The summed E-state index contributed by atoms with van der Waals surface area (Å²) in [5.74, 6) is 0. The third-order valence-corrected chi connectivity index (χ3v) is 4.61. The highest BCUT2D eigenvalue weighted by molar-refractivity contribution is 4.93. The molecule has 2 aliphatic rings. The molecule has 0 aliphatic carbocycles. The van der Waals surface area contributed by atoms with Crippen LogP contribution in [0.15, 0.2) is 0 Å². The Morgan fingerprint density at radius 1 is 1.06 bits per heavy atom. The lowest BCUT2D eigenvalue weighted by Crippen LogP contribution is -2.59. The van der Waals surface area contributed by atoms with Crippen molar-refractivity contribution in [1.82, 2.24) is 15.1 Å². The van der Waals surface area contributed by atoms with E-state index < -0.39 is 0 Å². The predicted molar refractivity (Wildman–Crippen MR) is 78.0 cm³/mol. The minimum atomic E-state index is 0.323. The number of hydrogen-bond acceptors (Lipinski definition) is 3. The average Bonchev–Trinajstić information content (AvgIpc) is 2.27. The Balaban J connectivity index is 1.86. The van der Waals surface area contributed by atoms with Crippen LogP contribution in [0.25, 0.3) is 0 Å². The van der Waals surface area contributed by atoms with Gasteiger partial charge in [-0.05, 0) is 54.0 Å². The van der Waals surface area contributed by atoms with E-state index in [4.69, 9.17) is 0 Å². The van der Waals surface area contributed by atoms with Gasteiger partial charge in [0.15, 0.2) is 0 Å². The molecule has 1 atom stereocenters. The molecule has 2 saturated heterocycles. The van der Waals surface area contributed by atoms with Crippen LogP contribution >= 0.6 is 0 Å². The summed E-state index contributed by atoms with van der Waals surface area (Å²) < 4.78 is 0. The fourth-order valence-electron chi connectivity index (χ4n) is 3.41. The van der Waals surface area contributed by atoms with Gasteiger partial charge in [0.25, 0.3) is 0 Å². The first-order chi connectivity index (χ1) is 8.28. The van der Waals surface area contributed by atoms with Crippen molar-refractivity contribution in [3.8, 4) is 0 Å². The lowest BCUT2D eigenvalue weighted by Gasteiger charge is -2.47. The standard InChI is InChI=1S/C15H31N3/c1-14(2,3)18-10-8-17(9-11-18)13-6-7-16-15(4,5)12-13/h13,16H,6-12H2,1-5H3. The van der Waals surface area contributed by atoms with Crippen LogP contribution in [0.4, 0.5) is 0 Å². The van der Waals surface area contributed by atoms with E-state index >= 15 is 0 Å². The lowest BCUT2D eigenvalue weighted by atomic mass is 9.88. The molecule has 0 spiro atoms. The summed E-state index contributed by atoms with van der Waals surface area (Å²) in [6.45, 7) is 17.8. The van der Waals surface area contributed by atoms with E-state index in [0.717, 1.165) is 6.04 Å². The minimum Gasteiger partial charge on any atom is -0.312 e. The molecule has 3 nitrogen and oxygen atoms in total. The molecule has 1 unspecified atom stereocenters. The first-order valence-corrected chi connectivity index (χ1v) is 7.52. The highest BCUT2D eigenvalue weighted by atomic mass is 15.3. The summed E-state index contributed by atoms with van der Waals surface area (Å²) in [4.78, 5) is 5.35. The van der Waals surface area contributed by atoms with E-state index in [1.807, 2.05) is 0 Å². The molecule has 1 N–H and O–H groups in total. The van der Waals surface area contributed by atoms with E-state index in [-0.39, 0.29) is 0 Å². The van der Waals surface area contributed by atoms with Crippen molar-refractivity contribution in [1.29, 1.82) is 0 Å². The maximum absolute atomic E-state index is 3.62. The Labute approximate surface area is 113 Å².